The minimum absolute atomic E-state index is 0.000736. The molecule has 0 saturated carbocycles. The maximum atomic E-state index is 13.4. The van der Waals surface area contributed by atoms with Crippen LogP contribution in [-0.4, -0.2) is 62.3 Å². The number of piperidine rings is 1. The molecular weight excluding hydrogens is 455 g/mol. The van der Waals surface area contributed by atoms with E-state index < -0.39 is 21.8 Å². The molecule has 1 aliphatic heterocycles. The summed E-state index contributed by atoms with van der Waals surface area (Å²) in [6, 6.07) is 3.23. The molecule has 1 aliphatic rings. The highest BCUT2D eigenvalue weighted by atomic mass is 32.2. The molecule has 0 aromatic heterocycles. The van der Waals surface area contributed by atoms with Crippen LogP contribution in [0.25, 0.3) is 0 Å². The van der Waals surface area contributed by atoms with Crippen LogP contribution in [0, 0.1) is 11.8 Å². The first-order valence-corrected chi connectivity index (χ1v) is 12.9. The highest BCUT2D eigenvalue weighted by molar-refractivity contribution is 7.89. The molecule has 10 heteroatoms. The van der Waals surface area contributed by atoms with Gasteiger partial charge in [0.25, 0.3) is 0 Å². The van der Waals surface area contributed by atoms with Gasteiger partial charge in [0.2, 0.25) is 15.9 Å². The Morgan fingerprint density at radius 3 is 2.24 bits per heavy atom. The number of alkyl halides is 3. The van der Waals surface area contributed by atoms with Gasteiger partial charge in [0, 0.05) is 25.7 Å². The smallest absolute Gasteiger partial charge is 0.341 e. The van der Waals surface area contributed by atoms with Gasteiger partial charge in [0.15, 0.2) is 0 Å². The molecule has 1 aromatic carbocycles. The third kappa shape index (κ3) is 7.16. The lowest BCUT2D eigenvalue weighted by Crippen LogP contribution is -2.53. The Labute approximate surface area is 195 Å². The van der Waals surface area contributed by atoms with Crippen molar-refractivity contribution in [3.8, 4) is 0 Å². The van der Waals surface area contributed by atoms with Gasteiger partial charge in [-0.05, 0) is 56.3 Å². The van der Waals surface area contributed by atoms with Crippen LogP contribution in [0.2, 0.25) is 0 Å². The Hall–Kier alpha value is -1.65. The molecule has 1 saturated heterocycles. The lowest BCUT2D eigenvalue weighted by molar-refractivity contribution is -0.137. The first-order valence-electron chi connectivity index (χ1n) is 11.4. The second kappa shape index (κ2) is 11.2. The van der Waals surface area contributed by atoms with Gasteiger partial charge in [-0.2, -0.15) is 17.5 Å². The van der Waals surface area contributed by atoms with E-state index in [1.54, 1.807) is 11.9 Å². The summed E-state index contributed by atoms with van der Waals surface area (Å²) < 4.78 is 67.6. The van der Waals surface area contributed by atoms with Crippen molar-refractivity contribution in [2.75, 3.05) is 26.7 Å². The highest BCUT2D eigenvalue weighted by Crippen LogP contribution is 2.32. The van der Waals surface area contributed by atoms with Gasteiger partial charge < -0.3 is 10.2 Å². The predicted molar refractivity (Wildman–Crippen MR) is 122 cm³/mol. The number of rotatable bonds is 9. The monoisotopic (exact) mass is 491 g/mol. The predicted octanol–water partition coefficient (Wildman–Crippen LogP) is 3.98. The second-order valence-electron chi connectivity index (χ2n) is 9.52. The van der Waals surface area contributed by atoms with E-state index >= 15 is 0 Å². The van der Waals surface area contributed by atoms with E-state index in [0.29, 0.717) is 44.3 Å². The minimum Gasteiger partial charge on any atom is -0.341 e. The Morgan fingerprint density at radius 1 is 1.15 bits per heavy atom. The van der Waals surface area contributed by atoms with Crippen LogP contribution in [0.15, 0.2) is 29.2 Å². The summed E-state index contributed by atoms with van der Waals surface area (Å²) in [6.07, 6.45) is -3.04. The van der Waals surface area contributed by atoms with E-state index in [0.717, 1.165) is 12.1 Å². The molecule has 1 fully saturated rings. The standard InChI is InChI=1S/C23H36F3N3O3S/c1-16(2)13-21(27-5)22(30)28-11-9-19(10-12-28)29(15-17(3)4)33(31,32)20-8-6-7-18(14-20)23(24,25)26/h6-8,14,16-17,19,21,27H,9-13,15H2,1-5H3. The third-order valence-corrected chi connectivity index (χ3v) is 7.76. The number of benzene rings is 1. The lowest BCUT2D eigenvalue weighted by atomic mass is 9.99. The quantitative estimate of drug-likeness (QED) is 0.568. The van der Waals surface area contributed by atoms with Gasteiger partial charge in [0.1, 0.15) is 0 Å². The van der Waals surface area contributed by atoms with Gasteiger partial charge in [-0.3, -0.25) is 4.79 Å². The largest absolute Gasteiger partial charge is 0.416 e. The average Bonchev–Trinajstić information content (AvgIpc) is 2.74. The summed E-state index contributed by atoms with van der Waals surface area (Å²) in [6.45, 7) is 8.86. The summed E-state index contributed by atoms with van der Waals surface area (Å²) in [5.74, 6) is 0.342. The van der Waals surface area contributed by atoms with Crippen molar-refractivity contribution in [2.24, 2.45) is 11.8 Å². The summed E-state index contributed by atoms with van der Waals surface area (Å²) in [5.41, 5.74) is -0.989. The molecule has 1 atom stereocenters. The number of likely N-dealkylation sites (tertiary alicyclic amines) is 1. The Bertz CT molecular complexity index is 896. The summed E-state index contributed by atoms with van der Waals surface area (Å²) >= 11 is 0. The Morgan fingerprint density at radius 2 is 1.76 bits per heavy atom. The fourth-order valence-electron chi connectivity index (χ4n) is 4.18. The number of amides is 1. The van der Waals surface area contributed by atoms with Crippen LogP contribution in [0.4, 0.5) is 13.2 Å². The fourth-order valence-corrected chi connectivity index (χ4v) is 6.07. The van der Waals surface area contributed by atoms with E-state index in [4.69, 9.17) is 0 Å². The normalized spacial score (nSPS) is 17.2. The number of halogens is 3. The lowest BCUT2D eigenvalue weighted by Gasteiger charge is -2.39. The molecule has 33 heavy (non-hydrogen) atoms. The zero-order valence-electron chi connectivity index (χ0n) is 20.0. The first-order chi connectivity index (χ1) is 15.3. The molecule has 6 nitrogen and oxygen atoms in total. The SMILES string of the molecule is CNC(CC(C)C)C(=O)N1CCC(N(CC(C)C)S(=O)(=O)c2cccc(C(F)(F)F)c2)CC1. The molecule has 1 heterocycles. The zero-order chi connectivity index (χ0) is 25.0. The highest BCUT2D eigenvalue weighted by Gasteiger charge is 2.37. The van der Waals surface area contributed by atoms with Crippen LogP contribution in [0.5, 0.6) is 0 Å². The number of sulfonamides is 1. The molecule has 188 valence electrons. The van der Waals surface area contributed by atoms with E-state index in [-0.39, 0.29) is 35.3 Å². The number of hydrogen-bond acceptors (Lipinski definition) is 4. The van der Waals surface area contributed by atoms with Crippen LogP contribution in [0.3, 0.4) is 0 Å². The first kappa shape index (κ1) is 27.6. The number of likely N-dealkylation sites (N-methyl/N-ethyl adjacent to an activating group) is 1. The number of carbonyl (C=O) groups is 1. The number of carbonyl (C=O) groups excluding carboxylic acids is 1. The molecule has 0 aliphatic carbocycles. The van der Waals surface area contributed by atoms with E-state index in [1.807, 2.05) is 27.7 Å². The summed E-state index contributed by atoms with van der Waals surface area (Å²) in [4.78, 5) is 14.3. The molecule has 0 bridgehead atoms. The minimum atomic E-state index is -4.63. The van der Waals surface area contributed by atoms with Crippen LogP contribution in [0.1, 0.15) is 52.5 Å². The van der Waals surface area contributed by atoms with Crippen LogP contribution < -0.4 is 5.32 Å². The van der Waals surface area contributed by atoms with Crippen LogP contribution in [-0.2, 0) is 21.0 Å². The van der Waals surface area contributed by atoms with Gasteiger partial charge in [-0.15, -0.1) is 0 Å². The molecule has 1 unspecified atom stereocenters. The zero-order valence-corrected chi connectivity index (χ0v) is 20.8. The average molecular weight is 492 g/mol. The Kier molecular flexibility index (Phi) is 9.35. The summed E-state index contributed by atoms with van der Waals surface area (Å²) in [7, 11) is -2.38. The topological polar surface area (TPSA) is 69.7 Å². The van der Waals surface area contributed by atoms with Crippen LogP contribution >= 0.6 is 0 Å². The number of nitrogens with one attached hydrogen (secondary N) is 1. The third-order valence-electron chi connectivity index (χ3n) is 5.85. The summed E-state index contributed by atoms with van der Waals surface area (Å²) in [5, 5.41) is 3.06. The van der Waals surface area contributed by atoms with Crippen molar-refractivity contribution >= 4 is 15.9 Å². The van der Waals surface area contributed by atoms with Gasteiger partial charge >= 0.3 is 6.18 Å². The Balaban J connectivity index is 2.22. The van der Waals surface area contributed by atoms with Crippen molar-refractivity contribution in [1.82, 2.24) is 14.5 Å². The van der Waals surface area contributed by atoms with Crippen molar-refractivity contribution < 1.29 is 26.4 Å². The van der Waals surface area contributed by atoms with Crippen molar-refractivity contribution in [1.29, 1.82) is 0 Å². The molecule has 0 radical (unpaired) electrons. The van der Waals surface area contributed by atoms with Gasteiger partial charge in [0.05, 0.1) is 16.5 Å². The maximum Gasteiger partial charge on any atom is 0.416 e. The van der Waals surface area contributed by atoms with Gasteiger partial charge in [-0.1, -0.05) is 33.8 Å². The molecule has 0 spiro atoms. The molecule has 1 amide bonds. The molecular formula is C23H36F3N3O3S. The van der Waals surface area contributed by atoms with E-state index in [2.05, 4.69) is 5.32 Å². The van der Waals surface area contributed by atoms with E-state index in [9.17, 15) is 26.4 Å². The van der Waals surface area contributed by atoms with Crippen molar-refractivity contribution in [2.45, 2.75) is 70.1 Å². The van der Waals surface area contributed by atoms with Crippen molar-refractivity contribution in [3.63, 3.8) is 0 Å². The molecule has 1 N–H and O–H groups in total. The number of nitrogens with zero attached hydrogens (tertiary/aromatic N) is 2. The van der Waals surface area contributed by atoms with Gasteiger partial charge in [-0.25, -0.2) is 8.42 Å². The van der Waals surface area contributed by atoms with E-state index in [1.165, 1.54) is 10.4 Å². The second-order valence-corrected chi connectivity index (χ2v) is 11.4. The number of hydrogen-bond donors (Lipinski definition) is 1. The fraction of sp³-hybridized carbons (Fsp3) is 0.696. The van der Waals surface area contributed by atoms with Crippen molar-refractivity contribution in [3.05, 3.63) is 29.8 Å². The maximum absolute atomic E-state index is 13.4. The molecule has 2 rings (SSSR count). The molecule has 1 aromatic rings.